The molecule has 184 valence electrons. The maximum atomic E-state index is 12.5. The predicted molar refractivity (Wildman–Crippen MR) is 126 cm³/mol. The van der Waals surface area contributed by atoms with Crippen LogP contribution in [0.1, 0.15) is 12.5 Å². The van der Waals surface area contributed by atoms with Crippen LogP contribution in [0.2, 0.25) is 5.02 Å². The van der Waals surface area contributed by atoms with Crippen molar-refractivity contribution in [2.75, 3.05) is 19.5 Å². The standard InChI is InChI=1S/C25H21ClF3NO5/c1-15(30-17-6-13-21(26)22(14-17)32-2)23(24(31)33-3)16-4-7-18(8-5-16)34-19-9-11-20(12-10-19)35-25(27,28)29/h4-14,30H,1-3H3/b23-15-. The van der Waals surface area contributed by atoms with Crippen LogP contribution in [0, 0.1) is 0 Å². The van der Waals surface area contributed by atoms with Crippen LogP contribution in [-0.4, -0.2) is 26.6 Å². The summed E-state index contributed by atoms with van der Waals surface area (Å²) in [6.45, 7) is 1.72. The molecule has 0 aliphatic carbocycles. The number of hydrogen-bond donors (Lipinski definition) is 1. The topological polar surface area (TPSA) is 66.0 Å². The highest BCUT2D eigenvalue weighted by Crippen LogP contribution is 2.31. The monoisotopic (exact) mass is 507 g/mol. The molecule has 0 aliphatic heterocycles. The molecule has 0 unspecified atom stereocenters. The number of methoxy groups -OCH3 is 2. The number of carbonyl (C=O) groups is 1. The largest absolute Gasteiger partial charge is 0.573 e. The van der Waals surface area contributed by atoms with Gasteiger partial charge >= 0.3 is 12.3 Å². The Morgan fingerprint density at radius 2 is 1.46 bits per heavy atom. The number of anilines is 1. The summed E-state index contributed by atoms with van der Waals surface area (Å²) >= 11 is 6.07. The molecule has 1 N–H and O–H groups in total. The first-order valence-corrected chi connectivity index (χ1v) is 10.5. The Balaban J connectivity index is 1.80. The van der Waals surface area contributed by atoms with Crippen molar-refractivity contribution in [2.24, 2.45) is 0 Å². The second-order valence-electron chi connectivity index (χ2n) is 7.11. The highest BCUT2D eigenvalue weighted by atomic mass is 35.5. The first kappa shape index (κ1) is 25.8. The smallest absolute Gasteiger partial charge is 0.495 e. The third-order valence-electron chi connectivity index (χ3n) is 4.68. The minimum atomic E-state index is -4.77. The Labute approximate surface area is 204 Å². The van der Waals surface area contributed by atoms with Crippen molar-refractivity contribution in [3.63, 3.8) is 0 Å². The summed E-state index contributed by atoms with van der Waals surface area (Å²) in [4.78, 5) is 12.5. The van der Waals surface area contributed by atoms with E-state index >= 15 is 0 Å². The van der Waals surface area contributed by atoms with Gasteiger partial charge in [-0.1, -0.05) is 23.7 Å². The van der Waals surface area contributed by atoms with Gasteiger partial charge in [0.15, 0.2) is 0 Å². The van der Waals surface area contributed by atoms with Crippen LogP contribution in [0.25, 0.3) is 5.57 Å². The van der Waals surface area contributed by atoms with E-state index in [9.17, 15) is 18.0 Å². The molecule has 0 atom stereocenters. The molecule has 0 bridgehead atoms. The predicted octanol–water partition coefficient (Wildman–Crippen LogP) is 7.06. The van der Waals surface area contributed by atoms with Crippen molar-refractivity contribution in [3.05, 3.63) is 83.0 Å². The highest BCUT2D eigenvalue weighted by Gasteiger charge is 2.31. The molecule has 0 aromatic heterocycles. The van der Waals surface area contributed by atoms with Crippen LogP contribution in [0.3, 0.4) is 0 Å². The number of halogens is 4. The van der Waals surface area contributed by atoms with Gasteiger partial charge in [0, 0.05) is 17.5 Å². The van der Waals surface area contributed by atoms with Crippen molar-refractivity contribution in [1.82, 2.24) is 0 Å². The fourth-order valence-corrected chi connectivity index (χ4v) is 3.34. The van der Waals surface area contributed by atoms with Crippen LogP contribution >= 0.6 is 11.6 Å². The first-order valence-electron chi connectivity index (χ1n) is 10.1. The molecule has 0 radical (unpaired) electrons. The maximum absolute atomic E-state index is 12.5. The molecule has 6 nitrogen and oxygen atoms in total. The molecule has 0 aliphatic rings. The number of carbonyl (C=O) groups excluding carboxylic acids is 1. The Bertz CT molecular complexity index is 1210. The Morgan fingerprint density at radius 1 is 0.886 bits per heavy atom. The fourth-order valence-electron chi connectivity index (χ4n) is 3.14. The fraction of sp³-hybridized carbons (Fsp3) is 0.160. The van der Waals surface area contributed by atoms with E-state index in [4.69, 9.17) is 25.8 Å². The average Bonchev–Trinajstić information content (AvgIpc) is 2.81. The molecule has 0 saturated carbocycles. The minimum Gasteiger partial charge on any atom is -0.495 e. The second kappa shape index (κ2) is 11.1. The van der Waals surface area contributed by atoms with E-state index in [2.05, 4.69) is 10.1 Å². The number of ether oxygens (including phenoxy) is 4. The molecule has 3 aromatic rings. The molecule has 0 fully saturated rings. The lowest BCUT2D eigenvalue weighted by molar-refractivity contribution is -0.274. The summed E-state index contributed by atoms with van der Waals surface area (Å²) < 4.78 is 56.6. The number of benzene rings is 3. The average molecular weight is 508 g/mol. The number of rotatable bonds is 8. The summed E-state index contributed by atoms with van der Waals surface area (Å²) in [5, 5.41) is 3.60. The van der Waals surface area contributed by atoms with Gasteiger partial charge in [-0.3, -0.25) is 0 Å². The van der Waals surface area contributed by atoms with Gasteiger partial charge in [0.1, 0.15) is 23.0 Å². The molecule has 0 amide bonds. The molecular formula is C25H21ClF3NO5. The lowest BCUT2D eigenvalue weighted by Gasteiger charge is -2.15. The van der Waals surface area contributed by atoms with Crippen LogP contribution in [0.15, 0.2) is 72.4 Å². The zero-order valence-corrected chi connectivity index (χ0v) is 19.7. The van der Waals surface area contributed by atoms with E-state index in [1.54, 1.807) is 49.4 Å². The SMILES string of the molecule is COC(=O)/C(=C(/C)Nc1ccc(Cl)c(OC)c1)c1ccc(Oc2ccc(OC(F)(F)F)cc2)cc1. The van der Waals surface area contributed by atoms with E-state index in [0.29, 0.717) is 44.8 Å². The van der Waals surface area contributed by atoms with E-state index < -0.39 is 12.3 Å². The molecule has 35 heavy (non-hydrogen) atoms. The number of nitrogens with one attached hydrogen (secondary N) is 1. The third kappa shape index (κ3) is 7.07. The number of esters is 1. The Morgan fingerprint density at radius 3 is 2.00 bits per heavy atom. The van der Waals surface area contributed by atoms with Gasteiger partial charge in [-0.25, -0.2) is 4.79 Å². The Kier molecular flexibility index (Phi) is 8.14. The van der Waals surface area contributed by atoms with Gasteiger partial charge in [-0.05, 0) is 61.0 Å². The third-order valence-corrected chi connectivity index (χ3v) is 5.00. The summed E-state index contributed by atoms with van der Waals surface area (Å²) in [5.41, 5.74) is 2.03. The Hall–Kier alpha value is -3.85. The molecule has 3 rings (SSSR count). The van der Waals surface area contributed by atoms with Crippen LogP contribution in [0.5, 0.6) is 23.0 Å². The van der Waals surface area contributed by atoms with Gasteiger partial charge in [0.25, 0.3) is 0 Å². The van der Waals surface area contributed by atoms with Gasteiger partial charge < -0.3 is 24.3 Å². The van der Waals surface area contributed by atoms with Crippen LogP contribution < -0.4 is 19.5 Å². The zero-order valence-electron chi connectivity index (χ0n) is 18.9. The van der Waals surface area contributed by atoms with Crippen molar-refractivity contribution in [3.8, 4) is 23.0 Å². The van der Waals surface area contributed by atoms with Gasteiger partial charge in [-0.15, -0.1) is 13.2 Å². The van der Waals surface area contributed by atoms with E-state index in [0.717, 1.165) is 12.1 Å². The molecule has 10 heteroatoms. The number of hydrogen-bond acceptors (Lipinski definition) is 6. The van der Waals surface area contributed by atoms with E-state index in [1.807, 2.05) is 0 Å². The van der Waals surface area contributed by atoms with E-state index in [1.165, 1.54) is 26.4 Å². The maximum Gasteiger partial charge on any atom is 0.573 e. The molecule has 0 heterocycles. The van der Waals surface area contributed by atoms with Crippen molar-refractivity contribution in [2.45, 2.75) is 13.3 Å². The van der Waals surface area contributed by atoms with Gasteiger partial charge in [0.2, 0.25) is 0 Å². The van der Waals surface area contributed by atoms with E-state index in [-0.39, 0.29) is 5.75 Å². The van der Waals surface area contributed by atoms with Gasteiger partial charge in [0.05, 0.1) is 24.8 Å². The minimum absolute atomic E-state index is 0.293. The lowest BCUT2D eigenvalue weighted by Crippen LogP contribution is -2.16. The lowest BCUT2D eigenvalue weighted by atomic mass is 10.0. The number of alkyl halides is 3. The quantitative estimate of drug-likeness (QED) is 0.260. The van der Waals surface area contributed by atoms with Gasteiger partial charge in [-0.2, -0.15) is 0 Å². The van der Waals surface area contributed by atoms with Crippen molar-refractivity contribution in [1.29, 1.82) is 0 Å². The molecule has 0 spiro atoms. The van der Waals surface area contributed by atoms with Crippen LogP contribution in [0.4, 0.5) is 18.9 Å². The van der Waals surface area contributed by atoms with Crippen molar-refractivity contribution < 1.29 is 36.9 Å². The normalized spacial score (nSPS) is 11.9. The highest BCUT2D eigenvalue weighted by molar-refractivity contribution is 6.32. The summed E-state index contributed by atoms with van der Waals surface area (Å²) in [6, 6.07) is 16.7. The summed E-state index contributed by atoms with van der Waals surface area (Å²) in [7, 11) is 2.78. The van der Waals surface area contributed by atoms with Crippen molar-refractivity contribution >= 4 is 28.8 Å². The summed E-state index contributed by atoms with van der Waals surface area (Å²) in [5.74, 6) is 0.295. The second-order valence-corrected chi connectivity index (χ2v) is 7.52. The molecular weight excluding hydrogens is 487 g/mol. The van der Waals surface area contributed by atoms with Crippen LogP contribution in [-0.2, 0) is 9.53 Å². The zero-order chi connectivity index (χ0) is 25.6. The number of allylic oxidation sites excluding steroid dienone is 1. The molecule has 3 aromatic carbocycles. The molecule has 0 saturated heterocycles. The summed E-state index contributed by atoms with van der Waals surface area (Å²) in [6.07, 6.45) is -4.77. The first-order chi connectivity index (χ1) is 16.6.